The van der Waals surface area contributed by atoms with E-state index in [1.165, 1.54) is 0 Å². The summed E-state index contributed by atoms with van der Waals surface area (Å²) in [5.41, 5.74) is 3.48. The third kappa shape index (κ3) is 2.65. The van der Waals surface area contributed by atoms with Gasteiger partial charge in [-0.15, -0.1) is 0 Å². The molecule has 3 aromatic rings. The highest BCUT2D eigenvalue weighted by Crippen LogP contribution is 2.30. The Morgan fingerprint density at radius 1 is 1.26 bits per heavy atom. The van der Waals surface area contributed by atoms with Crippen molar-refractivity contribution >= 4 is 17.2 Å². The molecule has 2 heterocycles. The molecule has 0 atom stereocenters. The van der Waals surface area contributed by atoms with Crippen LogP contribution in [0.1, 0.15) is 12.8 Å². The van der Waals surface area contributed by atoms with Gasteiger partial charge in [0, 0.05) is 29.6 Å². The Morgan fingerprint density at radius 3 is 2.74 bits per heavy atom. The highest BCUT2D eigenvalue weighted by molar-refractivity contribution is 5.94. The van der Waals surface area contributed by atoms with Gasteiger partial charge < -0.3 is 14.5 Å². The number of fused-ring (bicyclic) bond motifs is 1. The van der Waals surface area contributed by atoms with Crippen molar-refractivity contribution in [3.63, 3.8) is 0 Å². The van der Waals surface area contributed by atoms with Crippen LogP contribution in [0.3, 0.4) is 0 Å². The Hall–Kier alpha value is -2.82. The molecule has 0 aliphatic heterocycles. The quantitative estimate of drug-likeness (QED) is 0.804. The van der Waals surface area contributed by atoms with Crippen LogP contribution in [0.5, 0.6) is 5.75 Å². The molecule has 2 aromatic heterocycles. The van der Waals surface area contributed by atoms with Gasteiger partial charge in [0.2, 0.25) is 5.91 Å². The lowest BCUT2D eigenvalue weighted by molar-refractivity contribution is -0.117. The van der Waals surface area contributed by atoms with Crippen molar-refractivity contribution in [2.24, 2.45) is 5.92 Å². The number of hydrogen-bond donors (Lipinski definition) is 1. The van der Waals surface area contributed by atoms with Gasteiger partial charge in [-0.05, 0) is 37.1 Å². The summed E-state index contributed by atoms with van der Waals surface area (Å²) < 4.78 is 7.28. The minimum absolute atomic E-state index is 0.121. The first kappa shape index (κ1) is 13.8. The lowest BCUT2D eigenvalue weighted by atomic mass is 10.1. The molecule has 1 aliphatic carbocycles. The maximum atomic E-state index is 11.8. The fourth-order valence-electron chi connectivity index (χ4n) is 2.60. The van der Waals surface area contributed by atoms with Crippen LogP contribution in [-0.2, 0) is 4.79 Å². The fraction of sp³-hybridized carbons (Fsp3) is 0.222. The zero-order valence-electron chi connectivity index (χ0n) is 12.8. The fourth-order valence-corrected chi connectivity index (χ4v) is 2.60. The number of methoxy groups -OCH3 is 1. The Bertz CT molecular complexity index is 864. The van der Waals surface area contributed by atoms with Crippen LogP contribution in [0.4, 0.5) is 5.69 Å². The van der Waals surface area contributed by atoms with Gasteiger partial charge in [0.15, 0.2) is 11.4 Å². The molecule has 0 unspecified atom stereocenters. The molecule has 0 bridgehead atoms. The summed E-state index contributed by atoms with van der Waals surface area (Å²) in [6, 6.07) is 11.6. The standard InChI is InChI=1S/C18H17N3O2/c1-23-16-3-2-10-21-11-15(20-17(16)21)12-6-8-14(9-7-12)19-18(22)13-4-5-13/h2-3,6-11,13H,4-5H2,1H3,(H,19,22). The Balaban J connectivity index is 1.61. The molecule has 5 nitrogen and oxygen atoms in total. The summed E-state index contributed by atoms with van der Waals surface area (Å²) in [7, 11) is 1.64. The molecule has 1 N–H and O–H groups in total. The number of anilines is 1. The average molecular weight is 307 g/mol. The topological polar surface area (TPSA) is 55.6 Å². The molecule has 0 saturated heterocycles. The van der Waals surface area contributed by atoms with Crippen molar-refractivity contribution in [1.82, 2.24) is 9.38 Å². The van der Waals surface area contributed by atoms with Gasteiger partial charge in [-0.2, -0.15) is 0 Å². The SMILES string of the molecule is COc1cccn2cc(-c3ccc(NC(=O)C4CC4)cc3)nc12. The number of carbonyl (C=O) groups excluding carboxylic acids is 1. The minimum atomic E-state index is 0.121. The first-order chi connectivity index (χ1) is 11.2. The molecule has 23 heavy (non-hydrogen) atoms. The van der Waals surface area contributed by atoms with Crippen LogP contribution in [0.15, 0.2) is 48.8 Å². The van der Waals surface area contributed by atoms with Crippen LogP contribution >= 0.6 is 0 Å². The van der Waals surface area contributed by atoms with E-state index in [1.54, 1.807) is 7.11 Å². The monoisotopic (exact) mass is 307 g/mol. The van der Waals surface area contributed by atoms with Crippen molar-refractivity contribution in [2.45, 2.75) is 12.8 Å². The van der Waals surface area contributed by atoms with Gasteiger partial charge >= 0.3 is 0 Å². The number of amides is 1. The molecule has 116 valence electrons. The zero-order valence-corrected chi connectivity index (χ0v) is 12.8. The van der Waals surface area contributed by atoms with E-state index in [0.717, 1.165) is 41.2 Å². The molecule has 1 fully saturated rings. The lowest BCUT2D eigenvalue weighted by Gasteiger charge is -2.04. The summed E-state index contributed by atoms with van der Waals surface area (Å²) in [6.45, 7) is 0. The Labute approximate surface area is 133 Å². The van der Waals surface area contributed by atoms with Crippen LogP contribution in [0, 0.1) is 5.92 Å². The number of benzene rings is 1. The van der Waals surface area contributed by atoms with Crippen molar-refractivity contribution in [1.29, 1.82) is 0 Å². The summed E-state index contributed by atoms with van der Waals surface area (Å²) >= 11 is 0. The smallest absolute Gasteiger partial charge is 0.227 e. The molecule has 0 spiro atoms. The number of imidazole rings is 1. The molecule has 4 rings (SSSR count). The molecule has 1 amide bonds. The number of nitrogens with zero attached hydrogens (tertiary/aromatic N) is 2. The number of rotatable bonds is 4. The van der Waals surface area contributed by atoms with E-state index in [1.807, 2.05) is 53.2 Å². The predicted octanol–water partition coefficient (Wildman–Crippen LogP) is 3.36. The summed E-state index contributed by atoms with van der Waals surface area (Å²) in [5.74, 6) is 1.07. The second kappa shape index (κ2) is 5.43. The Morgan fingerprint density at radius 2 is 2.04 bits per heavy atom. The van der Waals surface area contributed by atoms with E-state index in [4.69, 9.17) is 4.74 Å². The van der Waals surface area contributed by atoms with E-state index in [-0.39, 0.29) is 11.8 Å². The molecule has 5 heteroatoms. The van der Waals surface area contributed by atoms with Crippen molar-refractivity contribution in [2.75, 3.05) is 12.4 Å². The molecular weight excluding hydrogens is 290 g/mol. The molecule has 1 aliphatic rings. The van der Waals surface area contributed by atoms with Gasteiger partial charge in [-0.3, -0.25) is 4.79 Å². The molecular formula is C18H17N3O2. The highest BCUT2D eigenvalue weighted by Gasteiger charge is 2.29. The highest BCUT2D eigenvalue weighted by atomic mass is 16.5. The zero-order chi connectivity index (χ0) is 15.8. The average Bonchev–Trinajstić information content (AvgIpc) is 3.34. The number of hydrogen-bond acceptors (Lipinski definition) is 3. The van der Waals surface area contributed by atoms with E-state index in [9.17, 15) is 4.79 Å². The summed E-state index contributed by atoms with van der Waals surface area (Å²) in [6.07, 6.45) is 5.92. The van der Waals surface area contributed by atoms with Crippen LogP contribution < -0.4 is 10.1 Å². The van der Waals surface area contributed by atoms with E-state index >= 15 is 0 Å². The normalized spacial score (nSPS) is 14.0. The van der Waals surface area contributed by atoms with Gasteiger partial charge in [0.05, 0.1) is 12.8 Å². The molecule has 1 aromatic carbocycles. The third-order valence-electron chi connectivity index (χ3n) is 4.06. The van der Waals surface area contributed by atoms with E-state index in [2.05, 4.69) is 10.3 Å². The first-order valence-electron chi connectivity index (χ1n) is 7.67. The largest absolute Gasteiger partial charge is 0.493 e. The molecule has 1 saturated carbocycles. The van der Waals surface area contributed by atoms with Crippen LogP contribution in [0.2, 0.25) is 0 Å². The number of pyridine rings is 1. The Kier molecular flexibility index (Phi) is 3.26. The summed E-state index contributed by atoms with van der Waals surface area (Å²) in [4.78, 5) is 16.4. The number of carbonyl (C=O) groups is 1. The second-order valence-corrected chi connectivity index (χ2v) is 5.77. The summed E-state index contributed by atoms with van der Waals surface area (Å²) in [5, 5.41) is 2.94. The van der Waals surface area contributed by atoms with Gasteiger partial charge in [-0.1, -0.05) is 12.1 Å². The van der Waals surface area contributed by atoms with Crippen molar-refractivity contribution in [3.8, 4) is 17.0 Å². The first-order valence-corrected chi connectivity index (χ1v) is 7.67. The van der Waals surface area contributed by atoms with Crippen LogP contribution in [-0.4, -0.2) is 22.4 Å². The number of nitrogens with one attached hydrogen (secondary N) is 1. The molecule has 0 radical (unpaired) electrons. The number of aromatic nitrogens is 2. The predicted molar refractivity (Wildman–Crippen MR) is 88.5 cm³/mol. The lowest BCUT2D eigenvalue weighted by Crippen LogP contribution is -2.12. The maximum absolute atomic E-state index is 11.8. The second-order valence-electron chi connectivity index (χ2n) is 5.77. The van der Waals surface area contributed by atoms with Gasteiger partial charge in [0.1, 0.15) is 0 Å². The van der Waals surface area contributed by atoms with Gasteiger partial charge in [-0.25, -0.2) is 4.98 Å². The van der Waals surface area contributed by atoms with Crippen molar-refractivity contribution < 1.29 is 9.53 Å². The number of ether oxygens (including phenoxy) is 1. The van der Waals surface area contributed by atoms with Crippen molar-refractivity contribution in [3.05, 3.63) is 48.8 Å². The van der Waals surface area contributed by atoms with Gasteiger partial charge in [0.25, 0.3) is 0 Å². The van der Waals surface area contributed by atoms with Crippen LogP contribution in [0.25, 0.3) is 16.9 Å². The third-order valence-corrected chi connectivity index (χ3v) is 4.06. The minimum Gasteiger partial charge on any atom is -0.493 e. The van der Waals surface area contributed by atoms with E-state index in [0.29, 0.717) is 0 Å². The maximum Gasteiger partial charge on any atom is 0.227 e. The van der Waals surface area contributed by atoms with E-state index < -0.39 is 0 Å².